The first-order valence-corrected chi connectivity index (χ1v) is 9.19. The van der Waals surface area contributed by atoms with E-state index in [1.54, 1.807) is 10.7 Å². The second-order valence-corrected chi connectivity index (χ2v) is 7.04. The standard InChI is InChI=1S/C20H16BrN5O/c1-12-7-3-6-10-17(12)26-13(2)19(24-25-26)20(27)23-18-11-15(21)14-8-4-5-9-16(14)22-18/h3-11H,1-2H3,(H,22,23,27). The van der Waals surface area contributed by atoms with Crippen LogP contribution < -0.4 is 5.32 Å². The van der Waals surface area contributed by atoms with Gasteiger partial charge in [-0.3, -0.25) is 4.79 Å². The molecule has 2 aromatic heterocycles. The van der Waals surface area contributed by atoms with Crippen molar-refractivity contribution < 1.29 is 4.79 Å². The van der Waals surface area contributed by atoms with Gasteiger partial charge in [0.05, 0.1) is 16.9 Å². The molecule has 0 unspecified atom stereocenters. The number of amides is 1. The molecule has 27 heavy (non-hydrogen) atoms. The zero-order valence-corrected chi connectivity index (χ0v) is 16.4. The van der Waals surface area contributed by atoms with Gasteiger partial charge >= 0.3 is 0 Å². The SMILES string of the molecule is Cc1ccccc1-n1nnc(C(=O)Nc2cc(Br)c3ccccc3n2)c1C. The largest absolute Gasteiger partial charge is 0.305 e. The third-order valence-electron chi connectivity index (χ3n) is 4.36. The minimum absolute atomic E-state index is 0.268. The smallest absolute Gasteiger partial charge is 0.279 e. The van der Waals surface area contributed by atoms with Crippen molar-refractivity contribution >= 4 is 38.6 Å². The van der Waals surface area contributed by atoms with Crippen LogP contribution in [0.15, 0.2) is 59.1 Å². The predicted molar refractivity (Wildman–Crippen MR) is 108 cm³/mol. The Morgan fingerprint density at radius 3 is 2.63 bits per heavy atom. The molecule has 0 atom stereocenters. The fourth-order valence-electron chi connectivity index (χ4n) is 2.94. The number of pyridine rings is 1. The molecule has 0 saturated carbocycles. The molecule has 7 heteroatoms. The van der Waals surface area contributed by atoms with Gasteiger partial charge in [0.2, 0.25) is 0 Å². The van der Waals surface area contributed by atoms with E-state index in [0.717, 1.165) is 26.6 Å². The molecule has 0 radical (unpaired) electrons. The highest BCUT2D eigenvalue weighted by atomic mass is 79.9. The molecule has 4 aromatic rings. The van der Waals surface area contributed by atoms with Gasteiger partial charge in [0.15, 0.2) is 5.69 Å². The lowest BCUT2D eigenvalue weighted by atomic mass is 10.2. The van der Waals surface area contributed by atoms with Crippen LogP contribution in [0.25, 0.3) is 16.6 Å². The Balaban J connectivity index is 1.66. The van der Waals surface area contributed by atoms with Crippen molar-refractivity contribution in [2.75, 3.05) is 5.32 Å². The normalized spacial score (nSPS) is 10.9. The summed E-state index contributed by atoms with van der Waals surface area (Å²) in [6, 6.07) is 17.3. The van der Waals surface area contributed by atoms with Crippen LogP contribution in [0.1, 0.15) is 21.7 Å². The minimum atomic E-state index is -0.345. The lowest BCUT2D eigenvalue weighted by molar-refractivity contribution is 0.102. The molecule has 2 aromatic carbocycles. The Morgan fingerprint density at radius 1 is 1.07 bits per heavy atom. The van der Waals surface area contributed by atoms with Gasteiger partial charge < -0.3 is 5.32 Å². The van der Waals surface area contributed by atoms with Gasteiger partial charge in [0.1, 0.15) is 5.82 Å². The fraction of sp³-hybridized carbons (Fsp3) is 0.100. The number of hydrogen-bond acceptors (Lipinski definition) is 4. The van der Waals surface area contributed by atoms with Gasteiger partial charge in [-0.2, -0.15) is 0 Å². The molecule has 0 fully saturated rings. The van der Waals surface area contributed by atoms with E-state index in [2.05, 4.69) is 36.5 Å². The van der Waals surface area contributed by atoms with Crippen LogP contribution in [0, 0.1) is 13.8 Å². The van der Waals surface area contributed by atoms with Gasteiger partial charge in [-0.1, -0.05) is 41.6 Å². The van der Waals surface area contributed by atoms with Gasteiger partial charge in [-0.05, 0) is 53.5 Å². The van der Waals surface area contributed by atoms with Crippen molar-refractivity contribution in [2.24, 2.45) is 0 Å². The summed E-state index contributed by atoms with van der Waals surface area (Å²) in [4.78, 5) is 17.2. The average molecular weight is 422 g/mol. The van der Waals surface area contributed by atoms with E-state index in [0.29, 0.717) is 11.5 Å². The van der Waals surface area contributed by atoms with E-state index in [-0.39, 0.29) is 11.6 Å². The molecule has 1 N–H and O–H groups in total. The number of para-hydroxylation sites is 2. The maximum absolute atomic E-state index is 12.7. The first-order chi connectivity index (χ1) is 13.0. The summed E-state index contributed by atoms with van der Waals surface area (Å²) in [5.74, 6) is 0.109. The molecule has 6 nitrogen and oxygen atoms in total. The van der Waals surface area contributed by atoms with Crippen LogP contribution in [0.2, 0.25) is 0 Å². The number of hydrogen-bond donors (Lipinski definition) is 1. The van der Waals surface area contributed by atoms with Crippen molar-refractivity contribution in [1.82, 2.24) is 20.0 Å². The third kappa shape index (κ3) is 3.21. The molecule has 0 bridgehead atoms. The van der Waals surface area contributed by atoms with Gasteiger partial charge in [-0.25, -0.2) is 9.67 Å². The van der Waals surface area contributed by atoms with E-state index >= 15 is 0 Å². The number of benzene rings is 2. The van der Waals surface area contributed by atoms with Crippen molar-refractivity contribution in [3.05, 3.63) is 76.0 Å². The number of anilines is 1. The molecule has 0 aliphatic heterocycles. The van der Waals surface area contributed by atoms with Crippen LogP contribution >= 0.6 is 15.9 Å². The lowest BCUT2D eigenvalue weighted by Crippen LogP contribution is -2.15. The van der Waals surface area contributed by atoms with Crippen LogP contribution in [0.3, 0.4) is 0 Å². The maximum Gasteiger partial charge on any atom is 0.279 e. The Hall–Kier alpha value is -3.06. The second-order valence-electron chi connectivity index (χ2n) is 6.18. The fourth-order valence-corrected chi connectivity index (χ4v) is 3.49. The zero-order chi connectivity index (χ0) is 19.0. The molecule has 0 spiro atoms. The number of nitrogens with zero attached hydrogens (tertiary/aromatic N) is 4. The van der Waals surface area contributed by atoms with E-state index in [1.807, 2.05) is 62.4 Å². The minimum Gasteiger partial charge on any atom is -0.305 e. The van der Waals surface area contributed by atoms with Gasteiger partial charge in [0.25, 0.3) is 5.91 Å². The van der Waals surface area contributed by atoms with Crippen molar-refractivity contribution in [2.45, 2.75) is 13.8 Å². The molecular formula is C20H16BrN5O. The predicted octanol–water partition coefficient (Wildman–Crippen LogP) is 4.45. The number of rotatable bonds is 3. The number of carbonyl (C=O) groups excluding carboxylic acids is 1. The third-order valence-corrected chi connectivity index (χ3v) is 5.02. The Labute approximate surface area is 164 Å². The highest BCUT2D eigenvalue weighted by molar-refractivity contribution is 9.10. The summed E-state index contributed by atoms with van der Waals surface area (Å²) in [5, 5.41) is 12.0. The molecule has 0 saturated heterocycles. The average Bonchev–Trinajstić information content (AvgIpc) is 3.03. The molecule has 2 heterocycles. The summed E-state index contributed by atoms with van der Waals surface area (Å²) in [7, 11) is 0. The first kappa shape index (κ1) is 17.4. The monoisotopic (exact) mass is 421 g/mol. The highest BCUT2D eigenvalue weighted by Crippen LogP contribution is 2.25. The Bertz CT molecular complexity index is 1170. The van der Waals surface area contributed by atoms with Crippen molar-refractivity contribution in [3.8, 4) is 5.69 Å². The quantitative estimate of drug-likeness (QED) is 0.530. The molecular weight excluding hydrogens is 406 g/mol. The van der Waals surface area contributed by atoms with Crippen molar-refractivity contribution in [1.29, 1.82) is 0 Å². The summed E-state index contributed by atoms with van der Waals surface area (Å²) in [6.45, 7) is 3.82. The number of aromatic nitrogens is 4. The first-order valence-electron chi connectivity index (χ1n) is 8.39. The zero-order valence-electron chi connectivity index (χ0n) is 14.8. The van der Waals surface area contributed by atoms with E-state index in [4.69, 9.17) is 0 Å². The summed E-state index contributed by atoms with van der Waals surface area (Å²) >= 11 is 3.53. The Kier molecular flexibility index (Phi) is 4.45. The van der Waals surface area contributed by atoms with Crippen LogP contribution in [-0.2, 0) is 0 Å². The van der Waals surface area contributed by atoms with Crippen LogP contribution in [0.5, 0.6) is 0 Å². The molecule has 0 aliphatic carbocycles. The number of aryl methyl sites for hydroxylation is 1. The summed E-state index contributed by atoms with van der Waals surface area (Å²) in [6.07, 6.45) is 0. The van der Waals surface area contributed by atoms with Gasteiger partial charge in [0, 0.05) is 9.86 Å². The molecule has 0 aliphatic rings. The van der Waals surface area contributed by atoms with Gasteiger partial charge in [-0.15, -0.1) is 5.10 Å². The molecule has 4 rings (SSSR count). The topological polar surface area (TPSA) is 72.7 Å². The molecule has 1 amide bonds. The number of nitrogens with one attached hydrogen (secondary N) is 1. The second kappa shape index (κ2) is 6.92. The highest BCUT2D eigenvalue weighted by Gasteiger charge is 2.19. The molecule has 134 valence electrons. The number of fused-ring (bicyclic) bond motifs is 1. The van der Waals surface area contributed by atoms with Crippen LogP contribution in [0.4, 0.5) is 5.82 Å². The van der Waals surface area contributed by atoms with E-state index in [9.17, 15) is 4.79 Å². The van der Waals surface area contributed by atoms with E-state index in [1.165, 1.54) is 0 Å². The maximum atomic E-state index is 12.7. The van der Waals surface area contributed by atoms with Crippen molar-refractivity contribution in [3.63, 3.8) is 0 Å². The Morgan fingerprint density at radius 2 is 1.81 bits per heavy atom. The number of carbonyl (C=O) groups is 1. The van der Waals surface area contributed by atoms with E-state index < -0.39 is 0 Å². The van der Waals surface area contributed by atoms with Crippen LogP contribution in [-0.4, -0.2) is 25.9 Å². The number of halogens is 1. The summed E-state index contributed by atoms with van der Waals surface area (Å²) in [5.41, 5.74) is 3.68. The summed E-state index contributed by atoms with van der Waals surface area (Å²) < 4.78 is 2.54. The lowest BCUT2D eigenvalue weighted by Gasteiger charge is -2.08.